The van der Waals surface area contributed by atoms with E-state index in [1.165, 1.54) is 11.1 Å². The van der Waals surface area contributed by atoms with Crippen LogP contribution in [0, 0.1) is 0 Å². The molecule has 0 fully saturated rings. The first-order chi connectivity index (χ1) is 13.0. The molecule has 2 rings (SSSR count). The van der Waals surface area contributed by atoms with Gasteiger partial charge in [-0.1, -0.05) is 0 Å². The first-order valence-corrected chi connectivity index (χ1v) is 19.4. The standard InChI is InChI=1S/C21H31N2PSi2.2Cr/c1-25(2,3)21(26(4,5)6)24(22-17-19-13-9-7-10-14-19)23-18-20-15-11-8-12-16-20;;/h7-16,21-23H,1-6H3;;. The topological polar surface area (TPSA) is 24.1 Å². The zero-order valence-electron chi connectivity index (χ0n) is 17.6. The van der Waals surface area contributed by atoms with Crippen LogP contribution in [0.4, 0.5) is 0 Å². The number of hydrogen-bond acceptors (Lipinski definition) is 2. The average Bonchev–Trinajstić information content (AvgIpc) is 2.60. The molecule has 0 atom stereocenters. The monoisotopic (exact) mass is 502 g/mol. The van der Waals surface area contributed by atoms with Gasteiger partial charge >= 0.3 is 191 Å². The Morgan fingerprint density at radius 3 is 1.29 bits per heavy atom. The molecular weight excluding hydrogens is 471 g/mol. The Bertz CT molecular complexity index is 735. The fourth-order valence-corrected chi connectivity index (χ4v) is 23.5. The van der Waals surface area contributed by atoms with Gasteiger partial charge in [-0.2, -0.15) is 0 Å². The number of hydrogen-bond donors (Lipinski definition) is 2. The molecular formula is C21H31Cr2N2PSi2. The molecule has 2 aromatic carbocycles. The second-order valence-electron chi connectivity index (χ2n) is 9.12. The predicted molar refractivity (Wildman–Crippen MR) is 125 cm³/mol. The second-order valence-corrected chi connectivity index (χ2v) is 24.3. The Labute approximate surface area is 190 Å². The molecule has 0 unspecified atom stereocenters. The van der Waals surface area contributed by atoms with E-state index in [9.17, 15) is 0 Å². The van der Waals surface area contributed by atoms with Crippen LogP contribution in [0.1, 0.15) is 11.1 Å². The van der Waals surface area contributed by atoms with Gasteiger partial charge in [0.05, 0.1) is 0 Å². The third kappa shape index (κ3) is 7.07. The molecule has 2 aromatic rings. The van der Waals surface area contributed by atoms with Crippen molar-refractivity contribution in [2.45, 2.75) is 44.2 Å². The molecule has 150 valence electrons. The van der Waals surface area contributed by atoms with Crippen molar-refractivity contribution in [2.24, 2.45) is 0 Å². The van der Waals surface area contributed by atoms with Crippen LogP contribution in [0.25, 0.3) is 0 Å². The van der Waals surface area contributed by atoms with Gasteiger partial charge in [-0.05, 0) is 0 Å². The van der Waals surface area contributed by atoms with E-state index < -0.39 is 24.4 Å². The molecule has 7 heteroatoms. The summed E-state index contributed by atoms with van der Waals surface area (Å²) in [5.74, 6) is 0. The van der Waals surface area contributed by atoms with Crippen LogP contribution in [0.15, 0.2) is 60.7 Å². The average molecular weight is 503 g/mol. The van der Waals surface area contributed by atoms with Gasteiger partial charge in [0.15, 0.2) is 0 Å². The number of benzene rings is 2. The van der Waals surface area contributed by atoms with Gasteiger partial charge in [-0.15, -0.1) is 0 Å². The summed E-state index contributed by atoms with van der Waals surface area (Å²) in [5.41, 5.74) is 2.42. The van der Waals surface area contributed by atoms with Crippen LogP contribution in [-0.4, -0.2) is 30.1 Å². The van der Waals surface area contributed by atoms with E-state index in [0.717, 1.165) is 9.01 Å². The molecule has 0 aliphatic rings. The summed E-state index contributed by atoms with van der Waals surface area (Å²) in [4.78, 5) is 0.703. The fourth-order valence-electron chi connectivity index (χ4n) is 3.76. The number of rotatable bonds is 9. The van der Waals surface area contributed by atoms with E-state index in [1.807, 2.05) is 0 Å². The van der Waals surface area contributed by atoms with Gasteiger partial charge in [0.2, 0.25) is 0 Å². The molecule has 0 bridgehead atoms. The van der Waals surface area contributed by atoms with Gasteiger partial charge in [0, 0.05) is 0 Å². The molecule has 0 aromatic heterocycles. The Morgan fingerprint density at radius 2 is 1.00 bits per heavy atom. The molecule has 0 saturated carbocycles. The minimum atomic E-state index is -1.41. The van der Waals surface area contributed by atoms with Gasteiger partial charge in [-0.25, -0.2) is 0 Å². The number of nitrogens with one attached hydrogen (secondary N) is 2. The molecule has 2 nitrogen and oxygen atoms in total. The van der Waals surface area contributed by atoms with Crippen molar-refractivity contribution in [3.63, 3.8) is 0 Å². The molecule has 28 heavy (non-hydrogen) atoms. The van der Waals surface area contributed by atoms with Crippen molar-refractivity contribution in [1.29, 1.82) is 0 Å². The normalized spacial score (nSPS) is 12.4. The quantitative estimate of drug-likeness (QED) is 0.370. The first-order valence-electron chi connectivity index (χ1n) is 9.51. The predicted octanol–water partition coefficient (Wildman–Crippen LogP) is 5.05. The van der Waals surface area contributed by atoms with Gasteiger partial charge in [0.1, 0.15) is 0 Å². The third-order valence-electron chi connectivity index (χ3n) is 4.41. The summed E-state index contributed by atoms with van der Waals surface area (Å²) in [7, 11) is -3.46. The van der Waals surface area contributed by atoms with Gasteiger partial charge < -0.3 is 0 Å². The van der Waals surface area contributed by atoms with Crippen molar-refractivity contribution in [1.82, 2.24) is 10.2 Å². The molecule has 0 heterocycles. The molecule has 0 spiro atoms. The molecule has 0 aliphatic carbocycles. The second kappa shape index (κ2) is 10.4. The van der Waals surface area contributed by atoms with E-state index >= 15 is 0 Å². The minimum absolute atomic E-state index is 0.639. The Balaban J connectivity index is 2.36. The third-order valence-corrected chi connectivity index (χ3v) is 22.1. The molecule has 0 saturated heterocycles. The van der Waals surface area contributed by atoms with Crippen LogP contribution >= 0.6 is 8.22 Å². The summed E-state index contributed by atoms with van der Waals surface area (Å²) < 4.78 is 2.25. The zero-order valence-corrected chi connectivity index (χ0v) is 23.1. The van der Waals surface area contributed by atoms with Crippen molar-refractivity contribution in [3.8, 4) is 0 Å². The van der Waals surface area contributed by atoms with Crippen molar-refractivity contribution < 1.29 is 31.7 Å². The van der Waals surface area contributed by atoms with E-state index in [1.54, 1.807) is 0 Å². The Hall–Kier alpha value is 0.0287. The maximum absolute atomic E-state index is 3.89. The van der Waals surface area contributed by atoms with Crippen molar-refractivity contribution in [3.05, 3.63) is 71.8 Å². The van der Waals surface area contributed by atoms with E-state index in [4.69, 9.17) is 0 Å². The van der Waals surface area contributed by atoms with Crippen LogP contribution in [-0.2, 0) is 31.7 Å². The fraction of sp³-hybridized carbons (Fsp3) is 0.333. The van der Waals surface area contributed by atoms with Crippen LogP contribution < -0.4 is 10.2 Å². The Kier molecular flexibility index (Phi) is 9.00. The SMILES string of the molecule is C[Si](C)(C)C(P(N[C](=[Cr])c1ccccc1)N[C](=[Cr])c1ccccc1)[Si](C)(C)C. The summed E-state index contributed by atoms with van der Waals surface area (Å²) >= 11 is 6.58. The van der Waals surface area contributed by atoms with Gasteiger partial charge in [-0.3, -0.25) is 0 Å². The van der Waals surface area contributed by atoms with Crippen molar-refractivity contribution in [2.75, 3.05) is 0 Å². The maximum atomic E-state index is 3.89. The van der Waals surface area contributed by atoms with Gasteiger partial charge in [0.25, 0.3) is 0 Å². The molecule has 2 N–H and O–H groups in total. The molecule has 0 amide bonds. The van der Waals surface area contributed by atoms with E-state index in [-0.39, 0.29) is 0 Å². The zero-order chi connectivity index (χ0) is 20.9. The summed E-state index contributed by atoms with van der Waals surface area (Å²) in [6.07, 6.45) is 0. The molecule has 0 aliphatic heterocycles. The Morgan fingerprint density at radius 1 is 0.679 bits per heavy atom. The van der Waals surface area contributed by atoms with E-state index in [0.29, 0.717) is 4.91 Å². The summed E-state index contributed by atoms with van der Waals surface area (Å²) in [6, 6.07) is 21.1. The molecule has 0 radical (unpaired) electrons. The summed E-state index contributed by atoms with van der Waals surface area (Å²) in [6.45, 7) is 15.1. The van der Waals surface area contributed by atoms with Crippen LogP contribution in [0.5, 0.6) is 0 Å². The van der Waals surface area contributed by atoms with Crippen LogP contribution in [0.3, 0.4) is 0 Å². The van der Waals surface area contributed by atoms with E-state index in [2.05, 4.69) is 142 Å². The first kappa shape index (κ1) is 24.3. The summed E-state index contributed by atoms with van der Waals surface area (Å²) in [5, 5.41) is 7.78. The van der Waals surface area contributed by atoms with Crippen LogP contribution in [0.2, 0.25) is 39.3 Å². The van der Waals surface area contributed by atoms with Crippen molar-refractivity contribution >= 4 is 33.4 Å².